The van der Waals surface area contributed by atoms with E-state index in [2.05, 4.69) is 16.7 Å². The lowest BCUT2D eigenvalue weighted by atomic mass is 9.96. The van der Waals surface area contributed by atoms with Gasteiger partial charge in [-0.3, -0.25) is 9.59 Å². The SMILES string of the molecule is COc1ccc(NC(=O)/C(=C/c2c3ccccc3cc3ccccc23)NC(=O)c2ccc(C)cc2)cc1. The molecule has 0 aliphatic rings. The summed E-state index contributed by atoms with van der Waals surface area (Å²) >= 11 is 0. The molecule has 2 N–H and O–H groups in total. The molecule has 0 aliphatic carbocycles. The van der Waals surface area contributed by atoms with Crippen molar-refractivity contribution in [2.75, 3.05) is 12.4 Å². The summed E-state index contributed by atoms with van der Waals surface area (Å²) in [5.41, 5.74) is 3.10. The van der Waals surface area contributed by atoms with Crippen molar-refractivity contribution in [2.24, 2.45) is 0 Å². The first-order valence-electron chi connectivity index (χ1n) is 12.0. The molecule has 5 nitrogen and oxygen atoms in total. The highest BCUT2D eigenvalue weighted by Crippen LogP contribution is 2.30. The van der Waals surface area contributed by atoms with Crippen LogP contribution in [0.15, 0.2) is 109 Å². The largest absolute Gasteiger partial charge is 0.497 e. The summed E-state index contributed by atoms with van der Waals surface area (Å²) in [5.74, 6) is -0.105. The molecule has 0 atom stereocenters. The second-order valence-corrected chi connectivity index (χ2v) is 8.79. The number of benzene rings is 5. The number of nitrogens with one attached hydrogen (secondary N) is 2. The number of aryl methyl sites for hydroxylation is 1. The second-order valence-electron chi connectivity index (χ2n) is 8.79. The maximum Gasteiger partial charge on any atom is 0.272 e. The van der Waals surface area contributed by atoms with E-state index in [0.717, 1.165) is 32.7 Å². The number of rotatable bonds is 6. The number of carbonyl (C=O) groups is 2. The van der Waals surface area contributed by atoms with E-state index in [9.17, 15) is 9.59 Å². The Kier molecular flexibility index (Phi) is 6.68. The van der Waals surface area contributed by atoms with E-state index >= 15 is 0 Å². The molecule has 0 aliphatic heterocycles. The molecule has 0 fully saturated rings. The first kappa shape index (κ1) is 23.8. The zero-order valence-corrected chi connectivity index (χ0v) is 20.6. The van der Waals surface area contributed by atoms with Crippen LogP contribution < -0.4 is 15.4 Å². The van der Waals surface area contributed by atoms with Crippen molar-refractivity contribution in [3.8, 4) is 5.75 Å². The molecule has 0 aromatic heterocycles. The Balaban J connectivity index is 1.61. The van der Waals surface area contributed by atoms with Gasteiger partial charge < -0.3 is 15.4 Å². The monoisotopic (exact) mass is 486 g/mol. The molecule has 5 heteroatoms. The highest BCUT2D eigenvalue weighted by atomic mass is 16.5. The lowest BCUT2D eigenvalue weighted by molar-refractivity contribution is -0.113. The van der Waals surface area contributed by atoms with E-state index in [1.165, 1.54) is 0 Å². The predicted molar refractivity (Wildman–Crippen MR) is 150 cm³/mol. The number of hydrogen-bond acceptors (Lipinski definition) is 3. The lowest BCUT2D eigenvalue weighted by Crippen LogP contribution is -2.30. The first-order chi connectivity index (χ1) is 18.0. The molecule has 0 heterocycles. The summed E-state index contributed by atoms with van der Waals surface area (Å²) < 4.78 is 5.21. The van der Waals surface area contributed by atoms with E-state index in [1.807, 2.05) is 67.6 Å². The zero-order chi connectivity index (χ0) is 25.8. The number of ether oxygens (including phenoxy) is 1. The zero-order valence-electron chi connectivity index (χ0n) is 20.6. The van der Waals surface area contributed by atoms with Crippen molar-refractivity contribution in [3.05, 3.63) is 126 Å². The molecule has 0 unspecified atom stereocenters. The van der Waals surface area contributed by atoms with Crippen LogP contribution in [0, 0.1) is 6.92 Å². The van der Waals surface area contributed by atoms with Gasteiger partial charge in [0.05, 0.1) is 7.11 Å². The number of hydrogen-bond donors (Lipinski definition) is 2. The average Bonchev–Trinajstić information content (AvgIpc) is 2.93. The predicted octanol–water partition coefficient (Wildman–Crippen LogP) is 6.72. The molecule has 2 amide bonds. The van der Waals surface area contributed by atoms with Crippen molar-refractivity contribution in [2.45, 2.75) is 6.92 Å². The molecule has 5 aromatic rings. The van der Waals surface area contributed by atoms with Crippen LogP contribution >= 0.6 is 0 Å². The second kappa shape index (κ2) is 10.4. The van der Waals surface area contributed by atoms with Gasteiger partial charge in [-0.1, -0.05) is 66.2 Å². The van der Waals surface area contributed by atoms with E-state index in [-0.39, 0.29) is 11.6 Å². The summed E-state index contributed by atoms with van der Waals surface area (Å²) in [7, 11) is 1.59. The lowest BCUT2D eigenvalue weighted by Gasteiger charge is -2.14. The van der Waals surface area contributed by atoms with Gasteiger partial charge in [0.2, 0.25) is 0 Å². The Morgan fingerprint density at radius 3 is 1.95 bits per heavy atom. The minimum absolute atomic E-state index is 0.142. The number of anilines is 1. The van der Waals surface area contributed by atoms with Crippen LogP contribution in [-0.4, -0.2) is 18.9 Å². The van der Waals surface area contributed by atoms with Crippen molar-refractivity contribution in [3.63, 3.8) is 0 Å². The van der Waals surface area contributed by atoms with Crippen LogP contribution in [0.25, 0.3) is 27.6 Å². The molecule has 5 aromatic carbocycles. The minimum Gasteiger partial charge on any atom is -0.497 e. The molecule has 0 radical (unpaired) electrons. The summed E-state index contributed by atoms with van der Waals surface area (Å²) in [5, 5.41) is 9.83. The number of fused-ring (bicyclic) bond motifs is 2. The third kappa shape index (κ3) is 5.21. The quantitative estimate of drug-likeness (QED) is 0.207. The Morgan fingerprint density at radius 2 is 1.35 bits per heavy atom. The third-order valence-corrected chi connectivity index (χ3v) is 6.26. The van der Waals surface area contributed by atoms with Crippen molar-refractivity contribution in [1.82, 2.24) is 5.32 Å². The maximum atomic E-state index is 13.5. The number of carbonyl (C=O) groups excluding carboxylic acids is 2. The standard InChI is InChI=1S/C32H26N2O3/c1-21-11-13-22(14-12-21)31(35)34-30(32(36)33-25-15-17-26(37-2)18-16-25)20-29-27-9-5-3-7-23(27)19-24-8-4-6-10-28(24)29/h3-20H,1-2H3,(H,33,36)(H,34,35)/b30-20-. The van der Waals surface area contributed by atoms with Gasteiger partial charge in [0.1, 0.15) is 11.4 Å². The smallest absolute Gasteiger partial charge is 0.272 e. The molecular formula is C32H26N2O3. The topological polar surface area (TPSA) is 67.4 Å². The van der Waals surface area contributed by atoms with Crippen LogP contribution in [0.5, 0.6) is 5.75 Å². The van der Waals surface area contributed by atoms with Gasteiger partial charge in [-0.05, 0) is 82.6 Å². The van der Waals surface area contributed by atoms with Crippen LogP contribution in [0.3, 0.4) is 0 Å². The molecule has 0 bridgehead atoms. The van der Waals surface area contributed by atoms with Crippen molar-refractivity contribution < 1.29 is 14.3 Å². The first-order valence-corrected chi connectivity index (χ1v) is 12.0. The van der Waals surface area contributed by atoms with Gasteiger partial charge in [-0.25, -0.2) is 0 Å². The highest BCUT2D eigenvalue weighted by molar-refractivity contribution is 6.14. The van der Waals surface area contributed by atoms with Crippen LogP contribution in [0.1, 0.15) is 21.5 Å². The molecule has 0 saturated heterocycles. The Hall–Kier alpha value is -4.90. The fourth-order valence-corrected chi connectivity index (χ4v) is 4.28. The van der Waals surface area contributed by atoms with E-state index in [0.29, 0.717) is 17.0 Å². The Labute approximate surface area is 215 Å². The fraction of sp³-hybridized carbons (Fsp3) is 0.0625. The van der Waals surface area contributed by atoms with Crippen LogP contribution in [0.4, 0.5) is 5.69 Å². The molecule has 182 valence electrons. The summed E-state index contributed by atoms with van der Waals surface area (Å²) in [6, 6.07) is 32.4. The fourth-order valence-electron chi connectivity index (χ4n) is 4.28. The van der Waals surface area contributed by atoms with Crippen LogP contribution in [-0.2, 0) is 4.79 Å². The van der Waals surface area contributed by atoms with Gasteiger partial charge in [-0.2, -0.15) is 0 Å². The normalized spacial score (nSPS) is 11.4. The summed E-state index contributed by atoms with van der Waals surface area (Å²) in [4.78, 5) is 26.7. The molecule has 0 spiro atoms. The Bertz CT molecular complexity index is 1580. The van der Waals surface area contributed by atoms with E-state index in [1.54, 1.807) is 49.6 Å². The van der Waals surface area contributed by atoms with Gasteiger partial charge >= 0.3 is 0 Å². The van der Waals surface area contributed by atoms with E-state index in [4.69, 9.17) is 4.74 Å². The van der Waals surface area contributed by atoms with Gasteiger partial charge in [0, 0.05) is 11.3 Å². The van der Waals surface area contributed by atoms with E-state index < -0.39 is 5.91 Å². The number of methoxy groups -OCH3 is 1. The molecule has 5 rings (SSSR count). The van der Waals surface area contributed by atoms with Gasteiger partial charge in [0.15, 0.2) is 0 Å². The highest BCUT2D eigenvalue weighted by Gasteiger charge is 2.17. The number of amides is 2. The van der Waals surface area contributed by atoms with Crippen LogP contribution in [0.2, 0.25) is 0 Å². The summed E-state index contributed by atoms with van der Waals surface area (Å²) in [6.07, 6.45) is 1.76. The molecule has 0 saturated carbocycles. The summed E-state index contributed by atoms with van der Waals surface area (Å²) in [6.45, 7) is 1.96. The third-order valence-electron chi connectivity index (χ3n) is 6.26. The van der Waals surface area contributed by atoms with Crippen molar-refractivity contribution in [1.29, 1.82) is 0 Å². The maximum absolute atomic E-state index is 13.5. The van der Waals surface area contributed by atoms with Crippen molar-refractivity contribution >= 4 is 45.1 Å². The Morgan fingerprint density at radius 1 is 0.757 bits per heavy atom. The minimum atomic E-state index is -0.428. The average molecular weight is 487 g/mol. The molecular weight excluding hydrogens is 460 g/mol. The van der Waals surface area contributed by atoms with Gasteiger partial charge in [-0.15, -0.1) is 0 Å². The van der Waals surface area contributed by atoms with Gasteiger partial charge in [0.25, 0.3) is 11.8 Å². The molecule has 37 heavy (non-hydrogen) atoms.